The van der Waals surface area contributed by atoms with Gasteiger partial charge in [-0.05, 0) is 37.3 Å². The van der Waals surface area contributed by atoms with Crippen molar-refractivity contribution < 1.29 is 8.42 Å². The molecule has 2 aromatic carbocycles. The van der Waals surface area contributed by atoms with E-state index in [-0.39, 0.29) is 20.5 Å². The summed E-state index contributed by atoms with van der Waals surface area (Å²) in [7, 11) is -3.88. The van der Waals surface area contributed by atoms with Crippen LogP contribution in [0.5, 0.6) is 0 Å². The molecule has 0 aliphatic heterocycles. The number of nitrogens with zero attached hydrogens (tertiary/aromatic N) is 1. The van der Waals surface area contributed by atoms with E-state index in [0.717, 1.165) is 0 Å². The first-order valence-electron chi connectivity index (χ1n) is 7.40. The summed E-state index contributed by atoms with van der Waals surface area (Å²) in [5.74, 6) is 0.349. The number of hydrogen-bond donors (Lipinski definition) is 2. The van der Waals surface area contributed by atoms with Crippen molar-refractivity contribution in [2.24, 2.45) is 0 Å². The van der Waals surface area contributed by atoms with Gasteiger partial charge in [0, 0.05) is 33.1 Å². The maximum absolute atomic E-state index is 12.6. The molecule has 0 aliphatic carbocycles. The van der Waals surface area contributed by atoms with E-state index in [1.807, 2.05) is 0 Å². The predicted octanol–water partition coefficient (Wildman–Crippen LogP) is 3.85. The zero-order chi connectivity index (χ0) is 18.9. The lowest BCUT2D eigenvalue weighted by atomic mass is 10.2. The maximum Gasteiger partial charge on any atom is 0.261 e. The maximum atomic E-state index is 12.6. The molecule has 0 saturated heterocycles. The SMILES string of the molecule is Cc1cc(=O)[nH]c(-c2cccc(NS(=O)(=O)c3cc(Cl)cc(Cl)c3)c2)n1. The van der Waals surface area contributed by atoms with Gasteiger partial charge in [0.2, 0.25) is 0 Å². The molecule has 0 radical (unpaired) electrons. The smallest absolute Gasteiger partial charge is 0.261 e. The topological polar surface area (TPSA) is 91.9 Å². The summed E-state index contributed by atoms with van der Waals surface area (Å²) in [5.41, 5.74) is 1.15. The summed E-state index contributed by atoms with van der Waals surface area (Å²) in [6, 6.07) is 12.0. The van der Waals surface area contributed by atoms with Gasteiger partial charge in [-0.25, -0.2) is 13.4 Å². The van der Waals surface area contributed by atoms with Crippen LogP contribution in [0.1, 0.15) is 5.69 Å². The van der Waals surface area contributed by atoms with Gasteiger partial charge in [-0.3, -0.25) is 9.52 Å². The Bertz CT molecular complexity index is 1120. The van der Waals surface area contributed by atoms with Crippen molar-refractivity contribution in [3.05, 3.63) is 74.6 Å². The number of aromatic nitrogens is 2. The molecule has 0 atom stereocenters. The summed E-state index contributed by atoms with van der Waals surface area (Å²) in [5, 5.41) is 0.432. The number of H-pyrrole nitrogens is 1. The summed E-state index contributed by atoms with van der Waals surface area (Å²) in [4.78, 5) is 18.4. The van der Waals surface area contributed by atoms with Gasteiger partial charge in [0.1, 0.15) is 5.82 Å². The van der Waals surface area contributed by atoms with E-state index in [0.29, 0.717) is 22.8 Å². The van der Waals surface area contributed by atoms with Gasteiger partial charge in [-0.15, -0.1) is 0 Å². The minimum absolute atomic E-state index is 0.0532. The lowest BCUT2D eigenvalue weighted by Crippen LogP contribution is -2.13. The molecule has 3 aromatic rings. The van der Waals surface area contributed by atoms with Gasteiger partial charge < -0.3 is 4.98 Å². The Kier molecular flexibility index (Phi) is 5.04. The fourth-order valence-corrected chi connectivity index (χ4v) is 4.12. The van der Waals surface area contributed by atoms with E-state index >= 15 is 0 Å². The predicted molar refractivity (Wildman–Crippen MR) is 102 cm³/mol. The monoisotopic (exact) mass is 409 g/mol. The highest BCUT2D eigenvalue weighted by Crippen LogP contribution is 2.25. The summed E-state index contributed by atoms with van der Waals surface area (Å²) < 4.78 is 27.6. The number of hydrogen-bond acceptors (Lipinski definition) is 4. The molecule has 0 spiro atoms. The first-order chi connectivity index (χ1) is 12.2. The Morgan fingerprint density at radius 2 is 1.73 bits per heavy atom. The molecule has 1 aromatic heterocycles. The number of nitrogens with one attached hydrogen (secondary N) is 2. The third-order valence-electron chi connectivity index (χ3n) is 3.40. The fourth-order valence-electron chi connectivity index (χ4n) is 2.34. The van der Waals surface area contributed by atoms with Gasteiger partial charge in [-0.2, -0.15) is 0 Å². The minimum Gasteiger partial charge on any atom is -0.307 e. The highest BCUT2D eigenvalue weighted by molar-refractivity contribution is 7.92. The summed E-state index contributed by atoms with van der Waals surface area (Å²) in [6.45, 7) is 1.70. The van der Waals surface area contributed by atoms with Crippen molar-refractivity contribution in [2.75, 3.05) is 4.72 Å². The standard InChI is InChI=1S/C17H13Cl2N3O3S/c1-10-5-16(23)21-17(20-10)11-3-2-4-14(6-11)22-26(24,25)15-8-12(18)7-13(19)9-15/h2-9,22H,1H3,(H,20,21,23). The van der Waals surface area contributed by atoms with Crippen LogP contribution in [0.25, 0.3) is 11.4 Å². The molecule has 26 heavy (non-hydrogen) atoms. The highest BCUT2D eigenvalue weighted by Gasteiger charge is 2.16. The zero-order valence-electron chi connectivity index (χ0n) is 13.5. The average molecular weight is 410 g/mol. The molecule has 0 unspecified atom stereocenters. The van der Waals surface area contributed by atoms with Crippen molar-refractivity contribution in [2.45, 2.75) is 11.8 Å². The first kappa shape index (κ1) is 18.4. The molecule has 0 fully saturated rings. The number of benzene rings is 2. The first-order valence-corrected chi connectivity index (χ1v) is 9.64. The van der Waals surface area contributed by atoms with Gasteiger partial charge in [-0.1, -0.05) is 35.3 Å². The Labute approximate surface area is 159 Å². The molecule has 1 heterocycles. The Morgan fingerprint density at radius 3 is 2.38 bits per heavy atom. The van der Waals surface area contributed by atoms with Crippen LogP contribution in [-0.2, 0) is 10.0 Å². The van der Waals surface area contributed by atoms with E-state index in [1.54, 1.807) is 31.2 Å². The number of aromatic amines is 1. The van der Waals surface area contributed by atoms with Crippen molar-refractivity contribution in [3.8, 4) is 11.4 Å². The van der Waals surface area contributed by atoms with Gasteiger partial charge in [0.15, 0.2) is 0 Å². The van der Waals surface area contributed by atoms with Gasteiger partial charge in [0.05, 0.1) is 4.90 Å². The second-order valence-electron chi connectivity index (χ2n) is 5.53. The van der Waals surface area contributed by atoms with Crippen LogP contribution in [0.4, 0.5) is 5.69 Å². The van der Waals surface area contributed by atoms with Crippen LogP contribution in [0, 0.1) is 6.92 Å². The molecular weight excluding hydrogens is 397 g/mol. The number of rotatable bonds is 4. The van der Waals surface area contributed by atoms with Crippen molar-refractivity contribution in [1.29, 1.82) is 0 Å². The molecule has 0 bridgehead atoms. The average Bonchev–Trinajstić information content (AvgIpc) is 2.53. The molecule has 134 valence electrons. The van der Waals surface area contributed by atoms with Crippen LogP contribution in [0.3, 0.4) is 0 Å². The Hall–Kier alpha value is -2.35. The lowest BCUT2D eigenvalue weighted by molar-refractivity contribution is 0.601. The van der Waals surface area contributed by atoms with Crippen LogP contribution in [0.2, 0.25) is 10.0 Å². The summed E-state index contributed by atoms with van der Waals surface area (Å²) >= 11 is 11.8. The third kappa shape index (κ3) is 4.24. The number of sulfonamides is 1. The molecule has 0 amide bonds. The lowest BCUT2D eigenvalue weighted by Gasteiger charge is -2.10. The molecular formula is C17H13Cl2N3O3S. The second-order valence-corrected chi connectivity index (χ2v) is 8.08. The van der Waals surface area contributed by atoms with Crippen LogP contribution < -0.4 is 10.3 Å². The second kappa shape index (κ2) is 7.11. The van der Waals surface area contributed by atoms with Crippen LogP contribution in [-0.4, -0.2) is 18.4 Å². The van der Waals surface area contributed by atoms with Gasteiger partial charge >= 0.3 is 0 Å². The third-order valence-corrected chi connectivity index (χ3v) is 5.20. The molecule has 0 aliphatic rings. The minimum atomic E-state index is -3.88. The van der Waals surface area contributed by atoms with E-state index in [1.165, 1.54) is 24.3 Å². The van der Waals surface area contributed by atoms with Gasteiger partial charge in [0.25, 0.3) is 15.6 Å². The summed E-state index contributed by atoms with van der Waals surface area (Å²) in [6.07, 6.45) is 0. The normalized spacial score (nSPS) is 11.3. The molecule has 9 heteroatoms. The highest BCUT2D eigenvalue weighted by atomic mass is 35.5. The Balaban J connectivity index is 1.97. The molecule has 2 N–H and O–H groups in total. The molecule has 6 nitrogen and oxygen atoms in total. The largest absolute Gasteiger partial charge is 0.307 e. The van der Waals surface area contributed by atoms with Crippen LogP contribution >= 0.6 is 23.2 Å². The number of anilines is 1. The fraction of sp³-hybridized carbons (Fsp3) is 0.0588. The van der Waals surface area contributed by atoms with E-state index < -0.39 is 10.0 Å². The van der Waals surface area contributed by atoms with Crippen LogP contribution in [0.15, 0.2) is 58.2 Å². The zero-order valence-corrected chi connectivity index (χ0v) is 15.8. The van der Waals surface area contributed by atoms with Crippen molar-refractivity contribution in [3.63, 3.8) is 0 Å². The van der Waals surface area contributed by atoms with E-state index in [9.17, 15) is 13.2 Å². The molecule has 0 saturated carbocycles. The van der Waals surface area contributed by atoms with E-state index in [4.69, 9.17) is 23.2 Å². The van der Waals surface area contributed by atoms with E-state index in [2.05, 4.69) is 14.7 Å². The van der Waals surface area contributed by atoms with Crippen molar-refractivity contribution in [1.82, 2.24) is 9.97 Å². The Morgan fingerprint density at radius 1 is 1.04 bits per heavy atom. The number of aryl methyl sites for hydroxylation is 1. The molecule has 3 rings (SSSR count). The van der Waals surface area contributed by atoms with Crippen molar-refractivity contribution >= 4 is 38.9 Å². The quantitative estimate of drug-likeness (QED) is 0.684. The number of halogens is 2.